The Labute approximate surface area is 113 Å². The van der Waals surface area contributed by atoms with E-state index >= 15 is 0 Å². The van der Waals surface area contributed by atoms with Gasteiger partial charge in [0.25, 0.3) is 0 Å². The van der Waals surface area contributed by atoms with E-state index in [1.54, 1.807) is 26.0 Å². The van der Waals surface area contributed by atoms with E-state index in [1.165, 1.54) is 12.1 Å². The van der Waals surface area contributed by atoms with Crippen molar-refractivity contribution in [2.45, 2.75) is 39.2 Å². The van der Waals surface area contributed by atoms with Crippen LogP contribution < -0.4 is 0 Å². The van der Waals surface area contributed by atoms with E-state index in [-0.39, 0.29) is 18.8 Å². The summed E-state index contributed by atoms with van der Waals surface area (Å²) in [5, 5.41) is 10.5. The summed E-state index contributed by atoms with van der Waals surface area (Å²) >= 11 is 0. The summed E-state index contributed by atoms with van der Waals surface area (Å²) in [7, 11) is 0. The van der Waals surface area contributed by atoms with Gasteiger partial charge < -0.3 is 9.84 Å². The molecule has 0 spiro atoms. The smallest absolute Gasteiger partial charge is 0.311 e. The lowest BCUT2D eigenvalue weighted by atomic mass is 9.82. The number of carbonyl (C=O) groups is 1. The van der Waals surface area contributed by atoms with E-state index in [9.17, 15) is 14.3 Å². The predicted molar refractivity (Wildman–Crippen MR) is 71.1 cm³/mol. The maximum absolute atomic E-state index is 13.1. The minimum absolute atomic E-state index is 0.210. The average Bonchev–Trinajstić information content (AvgIpc) is 2.28. The first-order valence-corrected chi connectivity index (χ1v) is 6.54. The minimum Gasteiger partial charge on any atom is -0.466 e. The topological polar surface area (TPSA) is 46.5 Å². The van der Waals surface area contributed by atoms with Crippen molar-refractivity contribution in [3.05, 3.63) is 35.6 Å². The first kappa shape index (κ1) is 15.6. The third-order valence-corrected chi connectivity index (χ3v) is 3.18. The standard InChI is InChI=1S/C15H21FO3/c1-4-13(14(17)19-5-2)15(3,18)10-11-7-6-8-12(16)9-11/h6-9,13,18H,4-5,10H2,1-3H3. The van der Waals surface area contributed by atoms with E-state index < -0.39 is 17.5 Å². The van der Waals surface area contributed by atoms with Gasteiger partial charge in [-0.3, -0.25) is 4.79 Å². The summed E-state index contributed by atoms with van der Waals surface area (Å²) < 4.78 is 18.1. The number of hydrogen-bond acceptors (Lipinski definition) is 3. The third-order valence-electron chi connectivity index (χ3n) is 3.18. The lowest BCUT2D eigenvalue weighted by Gasteiger charge is -2.30. The van der Waals surface area contributed by atoms with Gasteiger partial charge in [0.1, 0.15) is 5.82 Å². The Morgan fingerprint density at radius 2 is 2.16 bits per heavy atom. The largest absolute Gasteiger partial charge is 0.466 e. The quantitative estimate of drug-likeness (QED) is 0.807. The average molecular weight is 268 g/mol. The number of aliphatic hydroxyl groups is 1. The molecule has 0 fully saturated rings. The van der Waals surface area contributed by atoms with E-state index in [0.717, 1.165) is 0 Å². The van der Waals surface area contributed by atoms with Crippen LogP contribution in [0.25, 0.3) is 0 Å². The summed E-state index contributed by atoms with van der Waals surface area (Å²) in [6.45, 7) is 5.42. The Bertz CT molecular complexity index is 429. The number of carbonyl (C=O) groups excluding carboxylic acids is 1. The van der Waals surface area contributed by atoms with Crippen LogP contribution in [0.1, 0.15) is 32.8 Å². The van der Waals surface area contributed by atoms with Gasteiger partial charge in [-0.25, -0.2) is 4.39 Å². The molecule has 0 aliphatic heterocycles. The second-order valence-electron chi connectivity index (χ2n) is 4.88. The van der Waals surface area contributed by atoms with Gasteiger partial charge in [-0.05, 0) is 38.0 Å². The zero-order valence-corrected chi connectivity index (χ0v) is 11.6. The molecule has 2 unspecified atom stereocenters. The molecule has 0 aromatic heterocycles. The Hall–Kier alpha value is -1.42. The molecule has 0 saturated carbocycles. The Balaban J connectivity index is 2.85. The number of ether oxygens (including phenoxy) is 1. The molecule has 19 heavy (non-hydrogen) atoms. The summed E-state index contributed by atoms with van der Waals surface area (Å²) in [6.07, 6.45) is 0.684. The van der Waals surface area contributed by atoms with Crippen LogP contribution >= 0.6 is 0 Å². The van der Waals surface area contributed by atoms with Gasteiger partial charge >= 0.3 is 5.97 Å². The molecule has 0 heterocycles. The fraction of sp³-hybridized carbons (Fsp3) is 0.533. The van der Waals surface area contributed by atoms with Crippen LogP contribution in [-0.4, -0.2) is 23.3 Å². The highest BCUT2D eigenvalue weighted by Gasteiger charge is 2.37. The molecule has 106 valence electrons. The first-order valence-electron chi connectivity index (χ1n) is 6.54. The van der Waals surface area contributed by atoms with E-state index in [0.29, 0.717) is 12.0 Å². The lowest BCUT2D eigenvalue weighted by Crippen LogP contribution is -2.42. The molecule has 0 aliphatic rings. The summed E-state index contributed by atoms with van der Waals surface area (Å²) in [5.41, 5.74) is -0.595. The summed E-state index contributed by atoms with van der Waals surface area (Å²) in [6, 6.07) is 6.04. The molecule has 0 saturated heterocycles. The molecular formula is C15H21FO3. The van der Waals surface area contributed by atoms with Crippen molar-refractivity contribution in [3.8, 4) is 0 Å². The minimum atomic E-state index is -1.26. The van der Waals surface area contributed by atoms with Crippen LogP contribution in [0.15, 0.2) is 24.3 Å². The van der Waals surface area contributed by atoms with Crippen molar-refractivity contribution in [1.82, 2.24) is 0 Å². The van der Waals surface area contributed by atoms with Gasteiger partial charge in [0, 0.05) is 6.42 Å². The van der Waals surface area contributed by atoms with E-state index in [2.05, 4.69) is 0 Å². The van der Waals surface area contributed by atoms with Crippen molar-refractivity contribution in [3.63, 3.8) is 0 Å². The van der Waals surface area contributed by atoms with E-state index in [4.69, 9.17) is 4.74 Å². The molecule has 1 aromatic rings. The second-order valence-corrected chi connectivity index (χ2v) is 4.88. The molecule has 0 amide bonds. The number of halogens is 1. The van der Waals surface area contributed by atoms with Crippen molar-refractivity contribution in [2.75, 3.05) is 6.61 Å². The van der Waals surface area contributed by atoms with Crippen LogP contribution in [0.2, 0.25) is 0 Å². The number of rotatable bonds is 6. The Morgan fingerprint density at radius 3 is 2.68 bits per heavy atom. The fourth-order valence-electron chi connectivity index (χ4n) is 2.29. The van der Waals surface area contributed by atoms with Gasteiger partial charge in [0.2, 0.25) is 0 Å². The number of hydrogen-bond donors (Lipinski definition) is 1. The maximum Gasteiger partial charge on any atom is 0.311 e. The van der Waals surface area contributed by atoms with Crippen LogP contribution in [0.4, 0.5) is 4.39 Å². The van der Waals surface area contributed by atoms with Gasteiger partial charge in [-0.1, -0.05) is 19.1 Å². The van der Waals surface area contributed by atoms with Crippen LogP contribution in [0.5, 0.6) is 0 Å². The first-order chi connectivity index (χ1) is 8.90. The zero-order valence-electron chi connectivity index (χ0n) is 11.6. The van der Waals surface area contributed by atoms with Gasteiger partial charge in [-0.2, -0.15) is 0 Å². The SMILES string of the molecule is CCOC(=O)C(CC)C(C)(O)Cc1cccc(F)c1. The molecule has 2 atom stereocenters. The second kappa shape index (κ2) is 6.66. The van der Waals surface area contributed by atoms with Gasteiger partial charge in [0.05, 0.1) is 18.1 Å². The monoisotopic (exact) mass is 268 g/mol. The highest BCUT2D eigenvalue weighted by atomic mass is 19.1. The molecule has 1 N–H and O–H groups in total. The van der Waals surface area contributed by atoms with Crippen LogP contribution in [0, 0.1) is 11.7 Å². The predicted octanol–water partition coefficient (Wildman–Crippen LogP) is 2.71. The highest BCUT2D eigenvalue weighted by molar-refractivity contribution is 5.73. The maximum atomic E-state index is 13.1. The van der Waals surface area contributed by atoms with Crippen LogP contribution in [-0.2, 0) is 16.0 Å². The normalized spacial score (nSPS) is 15.6. The third kappa shape index (κ3) is 4.31. The van der Waals surface area contributed by atoms with Crippen LogP contribution in [0.3, 0.4) is 0 Å². The number of esters is 1. The molecular weight excluding hydrogens is 247 g/mol. The van der Waals surface area contributed by atoms with Gasteiger partial charge in [0.15, 0.2) is 0 Å². The molecule has 0 radical (unpaired) electrons. The van der Waals surface area contributed by atoms with Crippen molar-refractivity contribution in [1.29, 1.82) is 0 Å². The van der Waals surface area contributed by atoms with Crippen molar-refractivity contribution >= 4 is 5.97 Å². The summed E-state index contributed by atoms with van der Waals surface area (Å²) in [4.78, 5) is 11.8. The Morgan fingerprint density at radius 1 is 1.47 bits per heavy atom. The van der Waals surface area contributed by atoms with Crippen molar-refractivity contribution in [2.24, 2.45) is 5.92 Å². The van der Waals surface area contributed by atoms with E-state index in [1.807, 2.05) is 6.92 Å². The number of benzene rings is 1. The Kier molecular flexibility index (Phi) is 5.48. The summed E-state index contributed by atoms with van der Waals surface area (Å²) in [5.74, 6) is -1.38. The molecule has 0 bridgehead atoms. The molecule has 1 rings (SSSR count). The lowest BCUT2D eigenvalue weighted by molar-refractivity contribution is -0.157. The fourth-order valence-corrected chi connectivity index (χ4v) is 2.29. The zero-order chi connectivity index (χ0) is 14.5. The van der Waals surface area contributed by atoms with Crippen molar-refractivity contribution < 1.29 is 19.0 Å². The molecule has 0 aliphatic carbocycles. The molecule has 1 aromatic carbocycles. The molecule has 3 nitrogen and oxygen atoms in total. The highest BCUT2D eigenvalue weighted by Crippen LogP contribution is 2.26. The molecule has 4 heteroatoms. The van der Waals surface area contributed by atoms with Gasteiger partial charge in [-0.15, -0.1) is 0 Å².